The van der Waals surface area contributed by atoms with Crippen molar-refractivity contribution < 1.29 is 51.0 Å². The van der Waals surface area contributed by atoms with Gasteiger partial charge < -0.3 is 5.11 Å². The number of aromatic hydroxyl groups is 1. The molecule has 1 N–H and O–H groups in total. The Kier molecular flexibility index (Phi) is 7.35. The number of phenols is 1. The Bertz CT molecular complexity index is 2060. The quantitative estimate of drug-likeness (QED) is 0.0668. The van der Waals surface area contributed by atoms with Crippen molar-refractivity contribution in [3.05, 3.63) is 100 Å². The van der Waals surface area contributed by atoms with Gasteiger partial charge in [-0.1, -0.05) is 23.8 Å². The van der Waals surface area contributed by atoms with Crippen molar-refractivity contribution in [2.75, 3.05) is 9.80 Å². The zero-order valence-corrected chi connectivity index (χ0v) is 26.5. The average Bonchev–Trinajstić information content (AvgIpc) is 3.41. The Morgan fingerprint density at radius 3 is 2.02 bits per heavy atom. The zero-order chi connectivity index (χ0) is 35.5. The van der Waals surface area contributed by atoms with Crippen LogP contribution in [0.4, 0.5) is 33.3 Å². The van der Waals surface area contributed by atoms with E-state index >= 15 is 8.78 Å². The molecule has 2 aliphatic carbocycles. The lowest BCUT2D eigenvalue weighted by molar-refractivity contribution is -0.125. The summed E-state index contributed by atoms with van der Waals surface area (Å²) in [5, 5.41) is 10.4. The minimum absolute atomic E-state index is 0.0514. The smallest absolute Gasteiger partial charge is 0.258 e. The number of imide groups is 2. The molecule has 3 aromatic carbocycles. The van der Waals surface area contributed by atoms with Crippen LogP contribution < -0.4 is 9.80 Å². The molecule has 4 amide bonds. The third kappa shape index (κ3) is 4.24. The summed E-state index contributed by atoms with van der Waals surface area (Å²) < 4.78 is 73.0. The van der Waals surface area contributed by atoms with Crippen LogP contribution in [0.15, 0.2) is 60.2 Å². The third-order valence-electron chi connectivity index (χ3n) is 9.96. The number of hydrogen-bond acceptors (Lipinski definition) is 6. The van der Waals surface area contributed by atoms with Crippen LogP contribution >= 0.6 is 23.2 Å². The van der Waals surface area contributed by atoms with Crippen LogP contribution in [0.3, 0.4) is 0 Å². The number of rotatable bonds is 4. The van der Waals surface area contributed by atoms with E-state index < -0.39 is 98.2 Å². The van der Waals surface area contributed by atoms with Crippen LogP contribution in [0, 0.1) is 46.8 Å². The molecule has 0 bridgehead atoms. The first-order valence-electron chi connectivity index (χ1n) is 14.8. The topological polar surface area (TPSA) is 112 Å². The first-order chi connectivity index (χ1) is 23.1. The van der Waals surface area contributed by atoms with Crippen molar-refractivity contribution in [1.82, 2.24) is 0 Å². The largest absolute Gasteiger partial charge is 0.508 e. The summed E-state index contributed by atoms with van der Waals surface area (Å²) in [6.45, 7) is 1.34. The third-order valence-corrected chi connectivity index (χ3v) is 11.4. The number of carbonyl (C=O) groups excluding carboxylic acids is 5. The SMILES string of the molecule is CC(=O)c1ccc(N2C(=O)C3CC=C4C(CC5(Cl)C(=O)N(c6c(F)c(F)c(F)c(F)c6F)C(=O)C5(Cl)C4c4cccc(O)c4)C3C2=O)cc1. The molecule has 1 saturated carbocycles. The predicted molar refractivity (Wildman–Crippen MR) is 163 cm³/mol. The van der Waals surface area contributed by atoms with Gasteiger partial charge >= 0.3 is 0 Å². The summed E-state index contributed by atoms with van der Waals surface area (Å²) >= 11 is 14.1. The highest BCUT2D eigenvalue weighted by Crippen LogP contribution is 2.66. The van der Waals surface area contributed by atoms with E-state index in [0.29, 0.717) is 5.56 Å². The Balaban J connectivity index is 1.40. The molecular weight excluding hydrogens is 698 g/mol. The number of Topliss-reactive ketones (excluding diaryl/α,β-unsaturated/α-hetero) is 1. The molecule has 3 aromatic rings. The van der Waals surface area contributed by atoms with Gasteiger partial charge in [-0.15, -0.1) is 23.2 Å². The summed E-state index contributed by atoms with van der Waals surface area (Å²) in [4.78, 5) is 63.4. The highest BCUT2D eigenvalue weighted by atomic mass is 35.5. The Morgan fingerprint density at radius 1 is 0.816 bits per heavy atom. The number of phenolic OH excluding ortho intramolecular Hbond substituents is 1. The van der Waals surface area contributed by atoms with Crippen LogP contribution in [0.25, 0.3) is 0 Å². The number of hydrogen-bond donors (Lipinski definition) is 1. The first kappa shape index (κ1) is 32.9. The number of amides is 4. The number of allylic oxidation sites excluding steroid dienone is 2. The van der Waals surface area contributed by atoms with Crippen LogP contribution in [0.2, 0.25) is 0 Å². The van der Waals surface area contributed by atoms with Gasteiger partial charge in [-0.3, -0.25) is 28.9 Å². The van der Waals surface area contributed by atoms with E-state index in [9.17, 15) is 42.3 Å². The molecule has 2 saturated heterocycles. The second kappa shape index (κ2) is 10.9. The molecule has 3 fully saturated rings. The van der Waals surface area contributed by atoms with Crippen LogP contribution in [-0.4, -0.2) is 44.3 Å². The van der Waals surface area contributed by atoms with E-state index in [-0.39, 0.29) is 39.7 Å². The van der Waals surface area contributed by atoms with Crippen molar-refractivity contribution in [3.8, 4) is 5.75 Å². The van der Waals surface area contributed by atoms with Crippen molar-refractivity contribution >= 4 is 64.0 Å². The molecule has 0 spiro atoms. The molecule has 4 aliphatic rings. The summed E-state index contributed by atoms with van der Waals surface area (Å²) in [5.41, 5.74) is -1.07. The summed E-state index contributed by atoms with van der Waals surface area (Å²) in [6, 6.07) is 11.0. The first-order valence-corrected chi connectivity index (χ1v) is 15.6. The molecule has 7 rings (SSSR count). The van der Waals surface area contributed by atoms with E-state index in [1.165, 1.54) is 55.5 Å². The lowest BCUT2D eigenvalue weighted by Crippen LogP contribution is -2.60. The predicted octanol–water partition coefficient (Wildman–Crippen LogP) is 6.06. The van der Waals surface area contributed by atoms with Crippen LogP contribution in [0.1, 0.15) is 41.6 Å². The number of anilines is 2. The second-order valence-corrected chi connectivity index (χ2v) is 13.6. The minimum Gasteiger partial charge on any atom is -0.508 e. The Hall–Kier alpha value is -4.62. The Morgan fingerprint density at radius 2 is 1.43 bits per heavy atom. The number of nitrogens with zero attached hydrogens (tertiary/aromatic N) is 2. The summed E-state index contributed by atoms with van der Waals surface area (Å²) in [5.74, 6) is -22.2. The number of alkyl halides is 2. The minimum atomic E-state index is -2.69. The highest BCUT2D eigenvalue weighted by Gasteiger charge is 2.77. The number of carbonyl (C=O) groups is 5. The number of fused-ring (bicyclic) bond motifs is 4. The van der Waals surface area contributed by atoms with Gasteiger partial charge in [-0.05, 0) is 67.6 Å². The molecule has 49 heavy (non-hydrogen) atoms. The number of halogens is 7. The summed E-state index contributed by atoms with van der Waals surface area (Å²) in [7, 11) is 0. The fourth-order valence-corrected chi connectivity index (χ4v) is 8.68. The van der Waals surface area contributed by atoms with Gasteiger partial charge in [0.1, 0.15) is 11.4 Å². The van der Waals surface area contributed by atoms with E-state index in [1.54, 1.807) is 6.08 Å². The van der Waals surface area contributed by atoms with Gasteiger partial charge in [-0.2, -0.15) is 0 Å². The fourth-order valence-electron chi connectivity index (χ4n) is 7.74. The normalized spacial score (nSPS) is 29.2. The van der Waals surface area contributed by atoms with Gasteiger partial charge in [0.25, 0.3) is 11.8 Å². The molecule has 2 heterocycles. The van der Waals surface area contributed by atoms with Crippen molar-refractivity contribution in [1.29, 1.82) is 0 Å². The molecule has 0 aromatic heterocycles. The average molecular weight is 719 g/mol. The molecule has 15 heteroatoms. The lowest BCUT2D eigenvalue weighted by atomic mass is 9.56. The molecule has 6 unspecified atom stereocenters. The second-order valence-electron chi connectivity index (χ2n) is 12.4. The van der Waals surface area contributed by atoms with E-state index in [4.69, 9.17) is 23.2 Å². The molecule has 252 valence electrons. The standard InChI is InChI=1S/C34H21Cl2F5N2O6/c1-13(44)14-5-7-16(8-6-14)42-29(46)19-10-9-18-20(21(19)30(42)47)12-33(35)31(48)43(28-26(40)24(38)23(37)25(39)27(28)41)32(49)34(33,36)22(18)15-3-2-4-17(45)11-15/h2-9,11,19-22,45H,10,12H2,1H3. The molecule has 2 aliphatic heterocycles. The maximum atomic E-state index is 15.1. The fraction of sp³-hybridized carbons (Fsp3) is 0.265. The lowest BCUT2D eigenvalue weighted by Gasteiger charge is -2.50. The monoisotopic (exact) mass is 718 g/mol. The zero-order valence-electron chi connectivity index (χ0n) is 24.9. The van der Waals surface area contributed by atoms with Crippen molar-refractivity contribution in [2.24, 2.45) is 17.8 Å². The highest BCUT2D eigenvalue weighted by molar-refractivity contribution is 6.58. The molecule has 8 nitrogen and oxygen atoms in total. The maximum Gasteiger partial charge on any atom is 0.258 e. The van der Waals surface area contributed by atoms with Gasteiger partial charge in [0.2, 0.25) is 17.6 Å². The molecule has 6 atom stereocenters. The van der Waals surface area contributed by atoms with Crippen LogP contribution in [0.5, 0.6) is 5.75 Å². The van der Waals surface area contributed by atoms with Gasteiger partial charge in [-0.25, -0.2) is 26.9 Å². The van der Waals surface area contributed by atoms with E-state index in [0.717, 1.165) is 4.90 Å². The number of ketones is 1. The summed E-state index contributed by atoms with van der Waals surface area (Å²) in [6.07, 6.45) is 0.838. The van der Waals surface area contributed by atoms with Crippen molar-refractivity contribution in [2.45, 2.75) is 35.4 Å². The van der Waals surface area contributed by atoms with Gasteiger partial charge in [0.05, 0.1) is 17.5 Å². The molecular formula is C34H21Cl2F5N2O6. The van der Waals surface area contributed by atoms with Crippen molar-refractivity contribution in [3.63, 3.8) is 0 Å². The van der Waals surface area contributed by atoms with E-state index in [2.05, 4.69) is 0 Å². The van der Waals surface area contributed by atoms with Gasteiger partial charge in [0, 0.05) is 11.5 Å². The van der Waals surface area contributed by atoms with Crippen LogP contribution in [-0.2, 0) is 19.2 Å². The molecule has 0 radical (unpaired) electrons. The maximum absolute atomic E-state index is 15.1. The van der Waals surface area contributed by atoms with E-state index in [1.807, 2.05) is 0 Å². The Labute approximate surface area is 283 Å². The van der Waals surface area contributed by atoms with Gasteiger partial charge in [0.15, 0.2) is 38.8 Å². The number of benzene rings is 3.